The number of H-pyrrole nitrogens is 1. The highest BCUT2D eigenvalue weighted by Gasteiger charge is 2.26. The molecule has 0 aliphatic heterocycles. The van der Waals surface area contributed by atoms with Gasteiger partial charge in [-0.05, 0) is 23.6 Å². The van der Waals surface area contributed by atoms with Gasteiger partial charge in [0.1, 0.15) is 5.82 Å². The van der Waals surface area contributed by atoms with E-state index in [1.54, 1.807) is 0 Å². The molecule has 0 unspecified atom stereocenters. The molecular weight excluding hydrogens is 340 g/mol. The van der Waals surface area contributed by atoms with E-state index < -0.39 is 0 Å². The summed E-state index contributed by atoms with van der Waals surface area (Å²) in [5.41, 5.74) is 7.71. The average Bonchev–Trinajstić information content (AvgIpc) is 3.09. The maximum absolute atomic E-state index is 12.7. The SMILES string of the molecule is CC[C@H](C)[C@@H](C(=O)NNC(=O)Cc1nc2ccccc2[nH]1)c1ccccc1. The van der Waals surface area contributed by atoms with Crippen molar-refractivity contribution in [2.75, 3.05) is 0 Å². The van der Waals surface area contributed by atoms with E-state index in [1.807, 2.05) is 68.4 Å². The van der Waals surface area contributed by atoms with Crippen LogP contribution in [0.25, 0.3) is 11.0 Å². The molecule has 0 radical (unpaired) electrons. The molecule has 0 bridgehead atoms. The Hall–Kier alpha value is -3.15. The highest BCUT2D eigenvalue weighted by Crippen LogP contribution is 2.26. The van der Waals surface area contributed by atoms with E-state index in [-0.39, 0.29) is 30.1 Å². The van der Waals surface area contributed by atoms with Crippen LogP contribution in [0.4, 0.5) is 0 Å². The molecule has 2 atom stereocenters. The lowest BCUT2D eigenvalue weighted by Crippen LogP contribution is -2.45. The highest BCUT2D eigenvalue weighted by molar-refractivity contribution is 5.87. The van der Waals surface area contributed by atoms with Crippen LogP contribution in [0.1, 0.15) is 37.6 Å². The number of rotatable bonds is 6. The number of amides is 2. The number of nitrogens with zero attached hydrogens (tertiary/aromatic N) is 1. The van der Waals surface area contributed by atoms with Gasteiger partial charge in [-0.2, -0.15) is 0 Å². The van der Waals surface area contributed by atoms with Crippen LogP contribution in [0, 0.1) is 5.92 Å². The number of carbonyl (C=O) groups is 2. The number of imidazole rings is 1. The van der Waals surface area contributed by atoms with Crippen molar-refractivity contribution in [1.82, 2.24) is 20.8 Å². The van der Waals surface area contributed by atoms with Crippen molar-refractivity contribution in [1.29, 1.82) is 0 Å². The first kappa shape index (κ1) is 18.6. The third-order valence-corrected chi connectivity index (χ3v) is 4.75. The molecule has 0 spiro atoms. The van der Waals surface area contributed by atoms with Crippen molar-refractivity contribution in [3.05, 3.63) is 66.0 Å². The molecule has 3 N–H and O–H groups in total. The van der Waals surface area contributed by atoms with Gasteiger partial charge in [-0.1, -0.05) is 62.7 Å². The molecule has 6 nitrogen and oxygen atoms in total. The monoisotopic (exact) mass is 364 g/mol. The third-order valence-electron chi connectivity index (χ3n) is 4.75. The largest absolute Gasteiger partial charge is 0.342 e. The topological polar surface area (TPSA) is 86.9 Å². The Morgan fingerprint density at radius 1 is 1.04 bits per heavy atom. The van der Waals surface area contributed by atoms with Crippen LogP contribution in [0.5, 0.6) is 0 Å². The zero-order chi connectivity index (χ0) is 19.2. The van der Waals surface area contributed by atoms with Gasteiger partial charge in [-0.15, -0.1) is 0 Å². The molecular formula is C21H24N4O2. The van der Waals surface area contributed by atoms with Crippen LogP contribution < -0.4 is 10.9 Å². The van der Waals surface area contributed by atoms with E-state index in [1.165, 1.54) is 0 Å². The fourth-order valence-electron chi connectivity index (χ4n) is 3.13. The van der Waals surface area contributed by atoms with Gasteiger partial charge in [-0.25, -0.2) is 4.98 Å². The first-order valence-electron chi connectivity index (χ1n) is 9.15. The number of hydrogen-bond acceptors (Lipinski definition) is 3. The molecule has 0 saturated heterocycles. The van der Waals surface area contributed by atoms with E-state index in [0.29, 0.717) is 5.82 Å². The number of hydrogen-bond donors (Lipinski definition) is 3. The first-order chi connectivity index (χ1) is 13.1. The van der Waals surface area contributed by atoms with E-state index in [0.717, 1.165) is 23.0 Å². The van der Waals surface area contributed by atoms with E-state index >= 15 is 0 Å². The summed E-state index contributed by atoms with van der Waals surface area (Å²) in [4.78, 5) is 32.4. The highest BCUT2D eigenvalue weighted by atomic mass is 16.2. The predicted octanol–water partition coefficient (Wildman–Crippen LogP) is 3.08. The van der Waals surface area contributed by atoms with E-state index in [4.69, 9.17) is 0 Å². The maximum Gasteiger partial charge on any atom is 0.246 e. The van der Waals surface area contributed by atoms with Crippen LogP contribution in [0.15, 0.2) is 54.6 Å². The summed E-state index contributed by atoms with van der Waals surface area (Å²) in [7, 11) is 0. The summed E-state index contributed by atoms with van der Waals surface area (Å²) in [6, 6.07) is 17.2. The van der Waals surface area contributed by atoms with Crippen molar-refractivity contribution in [2.45, 2.75) is 32.6 Å². The lowest BCUT2D eigenvalue weighted by molar-refractivity contribution is -0.130. The van der Waals surface area contributed by atoms with Crippen molar-refractivity contribution < 1.29 is 9.59 Å². The normalized spacial score (nSPS) is 13.1. The Bertz CT molecular complexity index is 887. The minimum Gasteiger partial charge on any atom is -0.342 e. The van der Waals surface area contributed by atoms with Crippen LogP contribution in [0.2, 0.25) is 0 Å². The van der Waals surface area contributed by atoms with Crippen molar-refractivity contribution in [2.24, 2.45) is 5.92 Å². The predicted molar refractivity (Wildman–Crippen MR) is 105 cm³/mol. The second-order valence-electron chi connectivity index (χ2n) is 6.69. The standard InChI is InChI=1S/C21H24N4O2/c1-3-14(2)20(15-9-5-4-6-10-15)21(27)25-24-19(26)13-18-22-16-11-7-8-12-17(16)23-18/h4-12,14,20H,3,13H2,1-2H3,(H,22,23)(H,24,26)(H,25,27)/t14-,20+/m0/s1. The molecule has 2 aromatic carbocycles. The molecule has 27 heavy (non-hydrogen) atoms. The molecule has 1 aromatic heterocycles. The summed E-state index contributed by atoms with van der Waals surface area (Å²) in [6.07, 6.45) is 0.925. The van der Waals surface area contributed by atoms with Gasteiger partial charge in [0.15, 0.2) is 0 Å². The van der Waals surface area contributed by atoms with Crippen LogP contribution in [-0.2, 0) is 16.0 Å². The van der Waals surface area contributed by atoms with Gasteiger partial charge in [0.25, 0.3) is 0 Å². The van der Waals surface area contributed by atoms with Gasteiger partial charge >= 0.3 is 0 Å². The number of hydrazine groups is 1. The third kappa shape index (κ3) is 4.53. The Kier molecular flexibility index (Phi) is 5.86. The van der Waals surface area contributed by atoms with Crippen molar-refractivity contribution in [3.63, 3.8) is 0 Å². The Balaban J connectivity index is 1.61. The number of aromatic amines is 1. The summed E-state index contributed by atoms with van der Waals surface area (Å²) in [6.45, 7) is 4.08. The van der Waals surface area contributed by atoms with Crippen molar-refractivity contribution >= 4 is 22.8 Å². The molecule has 2 amide bonds. The molecule has 0 fully saturated rings. The lowest BCUT2D eigenvalue weighted by Gasteiger charge is -2.22. The second-order valence-corrected chi connectivity index (χ2v) is 6.69. The van der Waals surface area contributed by atoms with Gasteiger partial charge in [0.05, 0.1) is 23.4 Å². The maximum atomic E-state index is 12.7. The fraction of sp³-hybridized carbons (Fsp3) is 0.286. The van der Waals surface area contributed by atoms with Crippen LogP contribution >= 0.6 is 0 Å². The van der Waals surface area contributed by atoms with Gasteiger partial charge in [0.2, 0.25) is 11.8 Å². The Morgan fingerprint density at radius 2 is 1.74 bits per heavy atom. The second kappa shape index (κ2) is 8.49. The minimum atomic E-state index is -0.321. The smallest absolute Gasteiger partial charge is 0.246 e. The molecule has 140 valence electrons. The molecule has 3 rings (SSSR count). The number of benzene rings is 2. The first-order valence-corrected chi connectivity index (χ1v) is 9.15. The summed E-state index contributed by atoms with van der Waals surface area (Å²) in [5.74, 6) is -0.140. The molecule has 1 heterocycles. The van der Waals surface area contributed by atoms with E-state index in [9.17, 15) is 9.59 Å². The lowest BCUT2D eigenvalue weighted by atomic mass is 9.85. The molecule has 0 saturated carbocycles. The van der Waals surface area contributed by atoms with Gasteiger partial charge in [-0.3, -0.25) is 20.4 Å². The number of fused-ring (bicyclic) bond motifs is 1. The zero-order valence-electron chi connectivity index (χ0n) is 15.5. The Labute approximate surface area is 158 Å². The summed E-state index contributed by atoms with van der Waals surface area (Å²) >= 11 is 0. The van der Waals surface area contributed by atoms with Gasteiger partial charge in [0, 0.05) is 0 Å². The number of para-hydroxylation sites is 2. The molecule has 0 aliphatic carbocycles. The number of nitrogens with one attached hydrogen (secondary N) is 3. The summed E-state index contributed by atoms with van der Waals surface area (Å²) in [5, 5.41) is 0. The average molecular weight is 364 g/mol. The Morgan fingerprint density at radius 3 is 2.44 bits per heavy atom. The molecule has 0 aliphatic rings. The fourth-order valence-corrected chi connectivity index (χ4v) is 3.13. The van der Waals surface area contributed by atoms with E-state index in [2.05, 4.69) is 20.8 Å². The minimum absolute atomic E-state index is 0.0638. The van der Waals surface area contributed by atoms with Crippen LogP contribution in [-0.4, -0.2) is 21.8 Å². The zero-order valence-corrected chi connectivity index (χ0v) is 15.5. The van der Waals surface area contributed by atoms with Crippen LogP contribution in [0.3, 0.4) is 0 Å². The summed E-state index contributed by atoms with van der Waals surface area (Å²) < 4.78 is 0. The van der Waals surface area contributed by atoms with Gasteiger partial charge < -0.3 is 4.98 Å². The number of carbonyl (C=O) groups excluding carboxylic acids is 2. The molecule has 6 heteroatoms. The number of aromatic nitrogens is 2. The van der Waals surface area contributed by atoms with Crippen molar-refractivity contribution in [3.8, 4) is 0 Å². The quantitative estimate of drug-likeness (QED) is 0.588. The molecule has 3 aromatic rings.